The summed E-state index contributed by atoms with van der Waals surface area (Å²) in [6, 6.07) is 13.2. The zero-order valence-electron chi connectivity index (χ0n) is 10.3. The molecule has 0 unspecified atom stereocenters. The van der Waals surface area contributed by atoms with Gasteiger partial charge in [-0.1, -0.05) is 34.1 Å². The SMILES string of the molecule is Cc1cc(-c2nc3ccccc3c(=O)[nH]2)ccc1Br. The molecule has 4 heteroatoms. The number of aryl methyl sites for hydroxylation is 1. The van der Waals surface area contributed by atoms with Crippen LogP contribution in [0.15, 0.2) is 51.7 Å². The minimum absolute atomic E-state index is 0.110. The lowest BCUT2D eigenvalue weighted by Crippen LogP contribution is -2.09. The number of fused-ring (bicyclic) bond motifs is 1. The maximum atomic E-state index is 12.0. The van der Waals surface area contributed by atoms with Gasteiger partial charge in [-0.3, -0.25) is 4.79 Å². The molecule has 0 atom stereocenters. The number of H-pyrrole nitrogens is 1. The van der Waals surface area contributed by atoms with Gasteiger partial charge < -0.3 is 4.98 Å². The van der Waals surface area contributed by atoms with Crippen molar-refractivity contribution >= 4 is 26.8 Å². The van der Waals surface area contributed by atoms with Crippen LogP contribution in [0.3, 0.4) is 0 Å². The number of halogens is 1. The van der Waals surface area contributed by atoms with E-state index in [4.69, 9.17) is 0 Å². The summed E-state index contributed by atoms with van der Waals surface area (Å²) in [5.74, 6) is 0.597. The van der Waals surface area contributed by atoms with E-state index in [1.165, 1.54) is 0 Å². The van der Waals surface area contributed by atoms with Crippen LogP contribution in [0.4, 0.5) is 0 Å². The van der Waals surface area contributed by atoms with Gasteiger partial charge in [0.15, 0.2) is 0 Å². The Morgan fingerprint density at radius 2 is 1.95 bits per heavy atom. The number of rotatable bonds is 1. The van der Waals surface area contributed by atoms with E-state index in [-0.39, 0.29) is 5.56 Å². The first-order valence-corrected chi connectivity index (χ1v) is 6.70. The van der Waals surface area contributed by atoms with Crippen molar-refractivity contribution in [2.75, 3.05) is 0 Å². The van der Waals surface area contributed by atoms with Gasteiger partial charge in [0.1, 0.15) is 5.82 Å². The van der Waals surface area contributed by atoms with Crippen LogP contribution in [0.25, 0.3) is 22.3 Å². The molecule has 94 valence electrons. The van der Waals surface area contributed by atoms with Crippen molar-refractivity contribution in [3.05, 3.63) is 62.9 Å². The summed E-state index contributed by atoms with van der Waals surface area (Å²) < 4.78 is 1.04. The van der Waals surface area contributed by atoms with Gasteiger partial charge in [-0.05, 0) is 36.8 Å². The van der Waals surface area contributed by atoms with Crippen molar-refractivity contribution in [1.82, 2.24) is 9.97 Å². The summed E-state index contributed by atoms with van der Waals surface area (Å²) in [5.41, 5.74) is 2.61. The molecule has 0 spiro atoms. The highest BCUT2D eigenvalue weighted by molar-refractivity contribution is 9.10. The topological polar surface area (TPSA) is 45.8 Å². The highest BCUT2D eigenvalue weighted by Gasteiger charge is 2.06. The fraction of sp³-hybridized carbons (Fsp3) is 0.0667. The van der Waals surface area contributed by atoms with Crippen LogP contribution >= 0.6 is 15.9 Å². The van der Waals surface area contributed by atoms with E-state index in [0.29, 0.717) is 16.7 Å². The van der Waals surface area contributed by atoms with Gasteiger partial charge in [-0.2, -0.15) is 0 Å². The molecule has 1 heterocycles. The lowest BCUT2D eigenvalue weighted by Gasteiger charge is -2.05. The van der Waals surface area contributed by atoms with Crippen LogP contribution < -0.4 is 5.56 Å². The zero-order chi connectivity index (χ0) is 13.4. The van der Waals surface area contributed by atoms with Gasteiger partial charge >= 0.3 is 0 Å². The summed E-state index contributed by atoms with van der Waals surface area (Å²) in [6.45, 7) is 2.01. The molecule has 0 amide bonds. The highest BCUT2D eigenvalue weighted by Crippen LogP contribution is 2.22. The number of hydrogen-bond donors (Lipinski definition) is 1. The number of hydrogen-bond acceptors (Lipinski definition) is 2. The number of nitrogens with zero attached hydrogens (tertiary/aromatic N) is 1. The second kappa shape index (κ2) is 4.63. The molecule has 0 aliphatic carbocycles. The van der Waals surface area contributed by atoms with E-state index >= 15 is 0 Å². The second-order valence-corrected chi connectivity index (χ2v) is 5.25. The van der Waals surface area contributed by atoms with Gasteiger partial charge in [0, 0.05) is 10.0 Å². The molecule has 0 saturated carbocycles. The van der Waals surface area contributed by atoms with Gasteiger partial charge in [0.2, 0.25) is 0 Å². The molecule has 2 aromatic carbocycles. The third kappa shape index (κ3) is 2.19. The van der Waals surface area contributed by atoms with Crippen LogP contribution in [-0.2, 0) is 0 Å². The molecule has 3 rings (SSSR count). The minimum atomic E-state index is -0.110. The van der Waals surface area contributed by atoms with Crippen molar-refractivity contribution in [3.63, 3.8) is 0 Å². The predicted molar refractivity (Wildman–Crippen MR) is 80.2 cm³/mol. The number of aromatic nitrogens is 2. The van der Waals surface area contributed by atoms with Gasteiger partial charge in [-0.15, -0.1) is 0 Å². The fourth-order valence-corrected chi connectivity index (χ4v) is 2.26. The summed E-state index contributed by atoms with van der Waals surface area (Å²) in [5, 5.41) is 0.611. The fourth-order valence-electron chi connectivity index (χ4n) is 2.02. The van der Waals surface area contributed by atoms with E-state index in [9.17, 15) is 4.79 Å². The van der Waals surface area contributed by atoms with Crippen LogP contribution in [-0.4, -0.2) is 9.97 Å². The Labute approximate surface area is 118 Å². The van der Waals surface area contributed by atoms with Gasteiger partial charge in [-0.25, -0.2) is 4.98 Å². The molecule has 0 aliphatic rings. The third-order valence-corrected chi connectivity index (χ3v) is 3.93. The molecule has 3 nitrogen and oxygen atoms in total. The standard InChI is InChI=1S/C15H11BrN2O/c1-9-8-10(6-7-12(9)16)14-17-13-5-3-2-4-11(13)15(19)18-14/h2-8H,1H3,(H,17,18,19). The number of aromatic amines is 1. The Balaban J connectivity index is 2.25. The van der Waals surface area contributed by atoms with E-state index < -0.39 is 0 Å². The lowest BCUT2D eigenvalue weighted by atomic mass is 10.1. The summed E-state index contributed by atoms with van der Waals surface area (Å²) >= 11 is 3.46. The van der Waals surface area contributed by atoms with Crippen LogP contribution in [0.5, 0.6) is 0 Å². The number of benzene rings is 2. The van der Waals surface area contributed by atoms with Crippen LogP contribution in [0, 0.1) is 6.92 Å². The average molecular weight is 315 g/mol. The van der Waals surface area contributed by atoms with E-state index in [0.717, 1.165) is 15.6 Å². The van der Waals surface area contributed by atoms with Crippen molar-refractivity contribution < 1.29 is 0 Å². The zero-order valence-corrected chi connectivity index (χ0v) is 11.9. The van der Waals surface area contributed by atoms with Crippen molar-refractivity contribution in [2.24, 2.45) is 0 Å². The molecule has 0 saturated heterocycles. The van der Waals surface area contributed by atoms with Crippen LogP contribution in [0.2, 0.25) is 0 Å². The van der Waals surface area contributed by atoms with E-state index in [2.05, 4.69) is 25.9 Å². The third-order valence-electron chi connectivity index (χ3n) is 3.04. The maximum Gasteiger partial charge on any atom is 0.259 e. The van der Waals surface area contributed by atoms with E-state index in [1.807, 2.05) is 43.3 Å². The monoisotopic (exact) mass is 314 g/mol. The maximum absolute atomic E-state index is 12.0. The molecule has 0 aliphatic heterocycles. The van der Waals surface area contributed by atoms with Gasteiger partial charge in [0.05, 0.1) is 10.9 Å². The molecule has 19 heavy (non-hydrogen) atoms. The summed E-state index contributed by atoms with van der Waals surface area (Å²) in [4.78, 5) is 19.4. The Bertz CT molecular complexity index is 824. The molecule has 0 bridgehead atoms. The first-order chi connectivity index (χ1) is 9.15. The largest absolute Gasteiger partial charge is 0.306 e. The molecule has 0 radical (unpaired) electrons. The lowest BCUT2D eigenvalue weighted by molar-refractivity contribution is 1.18. The Hall–Kier alpha value is -1.94. The highest BCUT2D eigenvalue weighted by atomic mass is 79.9. The molecule has 1 aromatic heterocycles. The average Bonchev–Trinajstić information content (AvgIpc) is 2.42. The molecule has 0 fully saturated rings. The van der Waals surface area contributed by atoms with Crippen molar-refractivity contribution in [1.29, 1.82) is 0 Å². The Morgan fingerprint density at radius 3 is 2.74 bits per heavy atom. The molecular weight excluding hydrogens is 304 g/mol. The quantitative estimate of drug-likeness (QED) is 0.745. The summed E-state index contributed by atoms with van der Waals surface area (Å²) in [7, 11) is 0. The number of nitrogens with one attached hydrogen (secondary N) is 1. The normalized spacial score (nSPS) is 10.8. The van der Waals surface area contributed by atoms with E-state index in [1.54, 1.807) is 6.07 Å². The molecular formula is C15H11BrN2O. The van der Waals surface area contributed by atoms with Crippen molar-refractivity contribution in [3.8, 4) is 11.4 Å². The Morgan fingerprint density at radius 1 is 1.16 bits per heavy atom. The predicted octanol–water partition coefficient (Wildman–Crippen LogP) is 3.66. The minimum Gasteiger partial charge on any atom is -0.306 e. The van der Waals surface area contributed by atoms with Crippen LogP contribution in [0.1, 0.15) is 5.56 Å². The van der Waals surface area contributed by atoms with Crippen molar-refractivity contribution in [2.45, 2.75) is 6.92 Å². The Kier molecular flexibility index (Phi) is 2.95. The first kappa shape index (κ1) is 12.1. The second-order valence-electron chi connectivity index (χ2n) is 4.40. The van der Waals surface area contributed by atoms with Gasteiger partial charge in [0.25, 0.3) is 5.56 Å². The summed E-state index contributed by atoms with van der Waals surface area (Å²) in [6.07, 6.45) is 0. The smallest absolute Gasteiger partial charge is 0.259 e. The molecule has 3 aromatic rings. The first-order valence-electron chi connectivity index (χ1n) is 5.91. The molecule has 1 N–H and O–H groups in total. The number of para-hydroxylation sites is 1.